The molecule has 1 unspecified atom stereocenters. The Bertz CT molecular complexity index is 1050. The largest absolute Gasteiger partial charge is 0.464 e. The van der Waals surface area contributed by atoms with Crippen LogP contribution in [0.25, 0.3) is 5.69 Å². The molecule has 2 heterocycles. The minimum absolute atomic E-state index is 0.0155. The quantitative estimate of drug-likeness (QED) is 0.749. The smallest absolute Gasteiger partial charge is 0.357 e. The summed E-state index contributed by atoms with van der Waals surface area (Å²) in [7, 11) is -2.38. The second kappa shape index (κ2) is 8.27. The molecule has 0 amide bonds. The maximum Gasteiger partial charge on any atom is 0.357 e. The molecule has 1 atom stereocenters. The molecule has 29 heavy (non-hydrogen) atoms. The fourth-order valence-corrected chi connectivity index (χ4v) is 5.50. The Hall–Kier alpha value is -2.83. The van der Waals surface area contributed by atoms with E-state index in [1.807, 2.05) is 13.0 Å². The van der Waals surface area contributed by atoms with E-state index in [-0.39, 0.29) is 27.9 Å². The molecule has 2 aromatic rings. The predicted octanol–water partition coefficient (Wildman–Crippen LogP) is 2.67. The number of carbonyl (C=O) groups excluding carboxylic acids is 1. The van der Waals surface area contributed by atoms with Gasteiger partial charge in [0.25, 0.3) is 0 Å². The summed E-state index contributed by atoms with van der Waals surface area (Å²) in [5, 5.41) is 9.22. The minimum Gasteiger partial charge on any atom is -0.464 e. The Labute approximate surface area is 170 Å². The topological polar surface area (TPSA) is 118 Å². The molecule has 1 aromatic heterocycles. The van der Waals surface area contributed by atoms with Gasteiger partial charge in [-0.15, -0.1) is 0 Å². The number of hydrogen-bond acceptors (Lipinski definition) is 6. The Morgan fingerprint density at radius 2 is 2.00 bits per heavy atom. The van der Waals surface area contributed by atoms with Crippen LogP contribution in [0.15, 0.2) is 35.4 Å². The molecule has 9 heteroatoms. The number of anilines is 1. The number of rotatable bonds is 5. The maximum atomic E-state index is 13.1. The fraction of sp³-hybridized carbons (Fsp3) is 0.400. The Kier molecular flexibility index (Phi) is 5.96. The second-order valence-corrected chi connectivity index (χ2v) is 8.84. The third-order valence-corrected chi connectivity index (χ3v) is 7.28. The zero-order chi connectivity index (χ0) is 21.2. The second-order valence-electron chi connectivity index (χ2n) is 6.95. The Balaban J connectivity index is 1.99. The van der Waals surface area contributed by atoms with E-state index in [2.05, 4.69) is 0 Å². The SMILES string of the molecule is CCC1CCCCN1S(=O)(=O)c1ccc(-n2cc(C#N)c(N)c2C(=O)OC)cc1. The van der Waals surface area contributed by atoms with Gasteiger partial charge in [-0.05, 0) is 43.5 Å². The van der Waals surface area contributed by atoms with Crippen molar-refractivity contribution in [3.05, 3.63) is 41.7 Å². The van der Waals surface area contributed by atoms with Crippen LogP contribution in [0.5, 0.6) is 0 Å². The van der Waals surface area contributed by atoms with E-state index in [1.165, 1.54) is 30.0 Å². The van der Waals surface area contributed by atoms with E-state index in [0.717, 1.165) is 25.7 Å². The summed E-state index contributed by atoms with van der Waals surface area (Å²) < 4.78 is 34.0. The third kappa shape index (κ3) is 3.73. The van der Waals surface area contributed by atoms with Gasteiger partial charge in [0.05, 0.1) is 23.3 Å². The van der Waals surface area contributed by atoms with Crippen LogP contribution < -0.4 is 5.73 Å². The minimum atomic E-state index is -3.61. The molecule has 154 valence electrons. The molecule has 1 aliphatic rings. The van der Waals surface area contributed by atoms with Crippen molar-refractivity contribution in [2.75, 3.05) is 19.4 Å². The lowest BCUT2D eigenvalue weighted by Gasteiger charge is -2.34. The van der Waals surface area contributed by atoms with Crippen molar-refractivity contribution in [3.63, 3.8) is 0 Å². The molecule has 0 spiro atoms. The zero-order valence-electron chi connectivity index (χ0n) is 16.5. The summed E-state index contributed by atoms with van der Waals surface area (Å²) in [5.41, 5.74) is 6.60. The van der Waals surface area contributed by atoms with E-state index in [9.17, 15) is 18.5 Å². The van der Waals surface area contributed by atoms with E-state index in [0.29, 0.717) is 12.2 Å². The lowest BCUT2D eigenvalue weighted by molar-refractivity contribution is 0.0593. The molecule has 3 rings (SSSR count). The molecule has 0 aliphatic carbocycles. The first-order valence-electron chi connectivity index (χ1n) is 9.46. The van der Waals surface area contributed by atoms with Crippen LogP contribution >= 0.6 is 0 Å². The van der Waals surface area contributed by atoms with E-state index in [1.54, 1.807) is 16.4 Å². The Morgan fingerprint density at radius 1 is 1.31 bits per heavy atom. The van der Waals surface area contributed by atoms with Gasteiger partial charge in [-0.2, -0.15) is 9.57 Å². The number of benzene rings is 1. The first-order chi connectivity index (χ1) is 13.8. The highest BCUT2D eigenvalue weighted by Crippen LogP contribution is 2.29. The third-order valence-electron chi connectivity index (χ3n) is 5.31. The number of nitrogens with two attached hydrogens (primary N) is 1. The molecule has 0 bridgehead atoms. The van der Waals surface area contributed by atoms with Gasteiger partial charge < -0.3 is 15.0 Å². The van der Waals surface area contributed by atoms with Gasteiger partial charge in [0.15, 0.2) is 5.69 Å². The number of aromatic nitrogens is 1. The average molecular weight is 417 g/mol. The molecule has 1 fully saturated rings. The number of methoxy groups -OCH3 is 1. The van der Waals surface area contributed by atoms with Gasteiger partial charge in [-0.3, -0.25) is 0 Å². The van der Waals surface area contributed by atoms with Gasteiger partial charge in [-0.1, -0.05) is 13.3 Å². The van der Waals surface area contributed by atoms with Crippen LogP contribution in [0.2, 0.25) is 0 Å². The monoisotopic (exact) mass is 416 g/mol. The number of esters is 1. The summed E-state index contributed by atoms with van der Waals surface area (Å²) in [4.78, 5) is 12.3. The van der Waals surface area contributed by atoms with Crippen LogP contribution in [-0.4, -0.2) is 43.0 Å². The molecule has 8 nitrogen and oxygen atoms in total. The van der Waals surface area contributed by atoms with Crippen molar-refractivity contribution >= 4 is 21.7 Å². The molecule has 0 saturated carbocycles. The van der Waals surface area contributed by atoms with Gasteiger partial charge >= 0.3 is 5.97 Å². The van der Waals surface area contributed by atoms with Crippen molar-refractivity contribution in [3.8, 4) is 11.8 Å². The van der Waals surface area contributed by atoms with Crippen LogP contribution in [0, 0.1) is 11.3 Å². The lowest BCUT2D eigenvalue weighted by atomic mass is 10.0. The first kappa shape index (κ1) is 20.9. The fourth-order valence-electron chi connectivity index (χ4n) is 3.73. The number of sulfonamides is 1. The van der Waals surface area contributed by atoms with Crippen molar-refractivity contribution in [2.45, 2.75) is 43.5 Å². The van der Waals surface area contributed by atoms with Gasteiger partial charge in [0.1, 0.15) is 6.07 Å². The summed E-state index contributed by atoms with van der Waals surface area (Å²) in [6.45, 7) is 2.52. The average Bonchev–Trinajstić information content (AvgIpc) is 3.09. The highest BCUT2D eigenvalue weighted by Gasteiger charge is 2.32. The highest BCUT2D eigenvalue weighted by molar-refractivity contribution is 7.89. The zero-order valence-corrected chi connectivity index (χ0v) is 17.3. The van der Waals surface area contributed by atoms with Gasteiger partial charge in [-0.25, -0.2) is 13.2 Å². The summed E-state index contributed by atoms with van der Waals surface area (Å²) in [6, 6.07) is 8.15. The van der Waals surface area contributed by atoms with Gasteiger partial charge in [0, 0.05) is 24.5 Å². The number of nitrogen functional groups attached to an aromatic ring is 1. The van der Waals surface area contributed by atoms with Crippen molar-refractivity contribution < 1.29 is 17.9 Å². The van der Waals surface area contributed by atoms with E-state index in [4.69, 9.17) is 10.5 Å². The Morgan fingerprint density at radius 3 is 2.59 bits per heavy atom. The highest BCUT2D eigenvalue weighted by atomic mass is 32.2. The summed E-state index contributed by atoms with van der Waals surface area (Å²) in [6.07, 6.45) is 4.98. The predicted molar refractivity (Wildman–Crippen MR) is 108 cm³/mol. The lowest BCUT2D eigenvalue weighted by Crippen LogP contribution is -2.43. The number of carbonyl (C=O) groups is 1. The molecule has 1 aliphatic heterocycles. The van der Waals surface area contributed by atoms with Crippen molar-refractivity contribution in [1.29, 1.82) is 5.26 Å². The molecule has 0 radical (unpaired) electrons. The van der Waals surface area contributed by atoms with Gasteiger partial charge in [0.2, 0.25) is 10.0 Å². The number of piperidine rings is 1. The van der Waals surface area contributed by atoms with Crippen molar-refractivity contribution in [2.24, 2.45) is 0 Å². The van der Waals surface area contributed by atoms with Crippen molar-refractivity contribution in [1.82, 2.24) is 8.87 Å². The number of hydrogen-bond donors (Lipinski definition) is 1. The number of ether oxygens (including phenoxy) is 1. The van der Waals surface area contributed by atoms with Crippen LogP contribution in [0.4, 0.5) is 5.69 Å². The standard InChI is InChI=1S/C20H24N4O4S/c1-3-15-6-4-5-11-24(15)29(26,27)17-9-7-16(8-10-17)23-13-14(12-21)18(22)19(23)20(25)28-2/h7-10,13,15H,3-6,11,22H2,1-2H3. The van der Waals surface area contributed by atoms with Crippen LogP contribution in [-0.2, 0) is 14.8 Å². The molecular weight excluding hydrogens is 392 g/mol. The van der Waals surface area contributed by atoms with Crippen LogP contribution in [0.3, 0.4) is 0 Å². The normalized spacial score (nSPS) is 17.6. The van der Waals surface area contributed by atoms with Crippen LogP contribution in [0.1, 0.15) is 48.7 Å². The maximum absolute atomic E-state index is 13.1. The molecule has 2 N–H and O–H groups in total. The molecule has 1 saturated heterocycles. The van der Waals surface area contributed by atoms with E-state index < -0.39 is 16.0 Å². The summed E-state index contributed by atoms with van der Waals surface area (Å²) >= 11 is 0. The van der Waals surface area contributed by atoms with E-state index >= 15 is 0 Å². The molecule has 1 aromatic carbocycles. The molecular formula is C20H24N4O4S. The number of nitrogens with zero attached hydrogens (tertiary/aromatic N) is 3. The number of nitriles is 1. The first-order valence-corrected chi connectivity index (χ1v) is 10.9. The summed E-state index contributed by atoms with van der Waals surface area (Å²) in [5.74, 6) is -0.681.